The predicted molar refractivity (Wildman–Crippen MR) is 95.6 cm³/mol. The SMILES string of the molecule is N#CC1CN(c2ccc(C(F)F)nc2)C(=O)N1c1cncc2ccccc12. The van der Waals surface area contributed by atoms with E-state index < -0.39 is 18.5 Å². The molecule has 3 aromatic rings. The molecule has 1 aliphatic rings. The molecule has 1 saturated heterocycles. The number of pyridine rings is 2. The molecule has 8 heteroatoms. The fourth-order valence-corrected chi connectivity index (χ4v) is 3.16. The van der Waals surface area contributed by atoms with E-state index in [9.17, 15) is 18.8 Å². The maximum atomic E-state index is 13.0. The summed E-state index contributed by atoms with van der Waals surface area (Å²) >= 11 is 0. The Kier molecular flexibility index (Phi) is 4.12. The number of fused-ring (bicyclic) bond motifs is 1. The molecular weight excluding hydrogens is 352 g/mol. The number of halogens is 2. The van der Waals surface area contributed by atoms with E-state index in [1.807, 2.05) is 24.3 Å². The first kappa shape index (κ1) is 16.8. The molecule has 2 aromatic heterocycles. The van der Waals surface area contributed by atoms with Crippen molar-refractivity contribution < 1.29 is 13.6 Å². The van der Waals surface area contributed by atoms with Gasteiger partial charge in [-0.3, -0.25) is 19.8 Å². The molecule has 4 rings (SSSR count). The number of rotatable bonds is 3. The van der Waals surface area contributed by atoms with Gasteiger partial charge >= 0.3 is 6.03 Å². The van der Waals surface area contributed by atoms with Crippen molar-refractivity contribution in [3.63, 3.8) is 0 Å². The zero-order valence-corrected chi connectivity index (χ0v) is 14.0. The number of hydrogen-bond acceptors (Lipinski definition) is 4. The van der Waals surface area contributed by atoms with E-state index in [2.05, 4.69) is 16.0 Å². The summed E-state index contributed by atoms with van der Waals surface area (Å²) in [6.07, 6.45) is 1.77. The van der Waals surface area contributed by atoms with Gasteiger partial charge in [0, 0.05) is 17.0 Å². The molecule has 134 valence electrons. The second-order valence-corrected chi connectivity index (χ2v) is 6.03. The summed E-state index contributed by atoms with van der Waals surface area (Å²) in [5.74, 6) is 0. The Hall–Kier alpha value is -3.60. The molecule has 2 amide bonds. The fraction of sp³-hybridized carbons (Fsp3) is 0.158. The molecule has 0 saturated carbocycles. The van der Waals surface area contributed by atoms with Crippen molar-refractivity contribution in [2.24, 2.45) is 0 Å². The molecule has 0 bridgehead atoms. The molecule has 0 spiro atoms. The third-order valence-electron chi connectivity index (χ3n) is 4.47. The Labute approximate surface area is 153 Å². The molecule has 0 aliphatic carbocycles. The van der Waals surface area contributed by atoms with E-state index in [1.54, 1.807) is 12.4 Å². The molecule has 1 aromatic carbocycles. The highest BCUT2D eigenvalue weighted by Gasteiger charge is 2.40. The van der Waals surface area contributed by atoms with Gasteiger partial charge in [-0.05, 0) is 12.1 Å². The van der Waals surface area contributed by atoms with Crippen molar-refractivity contribution in [3.8, 4) is 6.07 Å². The number of carbonyl (C=O) groups is 1. The van der Waals surface area contributed by atoms with Gasteiger partial charge in [-0.2, -0.15) is 5.26 Å². The van der Waals surface area contributed by atoms with Crippen LogP contribution in [0, 0.1) is 11.3 Å². The summed E-state index contributed by atoms with van der Waals surface area (Å²) in [6, 6.07) is 11.0. The first-order valence-electron chi connectivity index (χ1n) is 8.17. The number of benzene rings is 1. The lowest BCUT2D eigenvalue weighted by atomic mass is 10.1. The zero-order chi connectivity index (χ0) is 19.0. The average Bonchev–Trinajstić information content (AvgIpc) is 3.03. The van der Waals surface area contributed by atoms with Crippen LogP contribution in [0.15, 0.2) is 55.0 Å². The normalized spacial score (nSPS) is 17.0. The summed E-state index contributed by atoms with van der Waals surface area (Å²) in [7, 11) is 0. The van der Waals surface area contributed by atoms with Crippen molar-refractivity contribution in [3.05, 3.63) is 60.7 Å². The smallest absolute Gasteiger partial charge is 0.289 e. The minimum Gasteiger partial charge on any atom is -0.289 e. The van der Waals surface area contributed by atoms with Crippen LogP contribution in [0.3, 0.4) is 0 Å². The standard InChI is InChI=1S/C19H13F2N5O/c20-18(21)16-6-5-13(9-24-16)25-11-14(7-22)26(19(25)27)17-10-23-8-12-3-1-2-4-15(12)17/h1-6,8-10,14,18H,11H2. The maximum absolute atomic E-state index is 13.0. The highest BCUT2D eigenvalue weighted by atomic mass is 19.3. The number of nitriles is 1. The first-order chi connectivity index (χ1) is 13.1. The van der Waals surface area contributed by atoms with Gasteiger partial charge in [-0.15, -0.1) is 0 Å². The highest BCUT2D eigenvalue weighted by molar-refractivity contribution is 6.11. The second kappa shape index (κ2) is 6.61. The molecule has 1 atom stereocenters. The molecule has 1 aliphatic heterocycles. The van der Waals surface area contributed by atoms with Gasteiger partial charge in [-0.25, -0.2) is 13.6 Å². The summed E-state index contributed by atoms with van der Waals surface area (Å²) in [5.41, 5.74) is 0.530. The second-order valence-electron chi connectivity index (χ2n) is 6.03. The summed E-state index contributed by atoms with van der Waals surface area (Å²) in [4.78, 5) is 23.6. The molecular formula is C19H13F2N5O. The molecule has 27 heavy (non-hydrogen) atoms. The first-order valence-corrected chi connectivity index (χ1v) is 8.17. The average molecular weight is 365 g/mol. The highest BCUT2D eigenvalue weighted by Crippen LogP contribution is 2.33. The Balaban J connectivity index is 1.74. The van der Waals surface area contributed by atoms with Gasteiger partial charge in [0.05, 0.1) is 36.4 Å². The van der Waals surface area contributed by atoms with E-state index >= 15 is 0 Å². The number of nitrogens with zero attached hydrogens (tertiary/aromatic N) is 5. The number of amides is 2. The van der Waals surface area contributed by atoms with E-state index in [0.717, 1.165) is 10.8 Å². The van der Waals surface area contributed by atoms with Crippen molar-refractivity contribution in [1.82, 2.24) is 9.97 Å². The summed E-state index contributed by atoms with van der Waals surface area (Å²) in [6.45, 7) is 0.105. The number of carbonyl (C=O) groups excluding carboxylic acids is 1. The minimum atomic E-state index is -2.68. The lowest BCUT2D eigenvalue weighted by molar-refractivity contribution is 0.146. The van der Waals surface area contributed by atoms with Gasteiger partial charge in [-0.1, -0.05) is 24.3 Å². The van der Waals surface area contributed by atoms with Crippen LogP contribution in [0.4, 0.5) is 25.0 Å². The number of urea groups is 1. The zero-order valence-electron chi connectivity index (χ0n) is 14.0. The van der Waals surface area contributed by atoms with Gasteiger partial charge in [0.25, 0.3) is 6.43 Å². The van der Waals surface area contributed by atoms with Crippen molar-refractivity contribution in [2.45, 2.75) is 12.5 Å². The number of hydrogen-bond donors (Lipinski definition) is 0. The Morgan fingerprint density at radius 1 is 1.15 bits per heavy atom. The summed E-state index contributed by atoms with van der Waals surface area (Å²) in [5, 5.41) is 11.2. The van der Waals surface area contributed by atoms with Crippen LogP contribution in [0.1, 0.15) is 12.1 Å². The van der Waals surface area contributed by atoms with Crippen LogP contribution >= 0.6 is 0 Å². The molecule has 1 unspecified atom stereocenters. The molecule has 6 nitrogen and oxygen atoms in total. The number of alkyl halides is 2. The van der Waals surface area contributed by atoms with Crippen LogP contribution in [-0.4, -0.2) is 28.6 Å². The number of anilines is 2. The molecule has 0 N–H and O–H groups in total. The van der Waals surface area contributed by atoms with Crippen LogP contribution < -0.4 is 9.80 Å². The predicted octanol–water partition coefficient (Wildman–Crippen LogP) is 3.91. The van der Waals surface area contributed by atoms with Crippen LogP contribution in [0.2, 0.25) is 0 Å². The molecule has 0 radical (unpaired) electrons. The topological polar surface area (TPSA) is 73.1 Å². The van der Waals surface area contributed by atoms with Crippen molar-refractivity contribution in [1.29, 1.82) is 5.26 Å². The van der Waals surface area contributed by atoms with Crippen LogP contribution in [0.5, 0.6) is 0 Å². The quantitative estimate of drug-likeness (QED) is 0.705. The summed E-state index contributed by atoms with van der Waals surface area (Å²) < 4.78 is 25.4. The number of aromatic nitrogens is 2. The lowest BCUT2D eigenvalue weighted by Crippen LogP contribution is -2.34. The monoisotopic (exact) mass is 365 g/mol. The van der Waals surface area contributed by atoms with Crippen molar-refractivity contribution >= 4 is 28.2 Å². The van der Waals surface area contributed by atoms with Crippen LogP contribution in [0.25, 0.3) is 10.8 Å². The van der Waals surface area contributed by atoms with Gasteiger partial charge < -0.3 is 0 Å². The third kappa shape index (κ3) is 2.83. The van der Waals surface area contributed by atoms with E-state index in [4.69, 9.17) is 0 Å². The fourth-order valence-electron chi connectivity index (χ4n) is 3.16. The van der Waals surface area contributed by atoms with Gasteiger partial charge in [0.2, 0.25) is 0 Å². The molecule has 3 heterocycles. The van der Waals surface area contributed by atoms with Gasteiger partial charge in [0.1, 0.15) is 11.7 Å². The Morgan fingerprint density at radius 3 is 2.67 bits per heavy atom. The minimum absolute atomic E-state index is 0.105. The van der Waals surface area contributed by atoms with E-state index in [0.29, 0.717) is 11.4 Å². The molecule has 1 fully saturated rings. The van der Waals surface area contributed by atoms with Crippen LogP contribution in [-0.2, 0) is 0 Å². The van der Waals surface area contributed by atoms with Crippen molar-refractivity contribution in [2.75, 3.05) is 16.3 Å². The largest absolute Gasteiger partial charge is 0.330 e. The van der Waals surface area contributed by atoms with E-state index in [1.165, 1.54) is 28.1 Å². The Bertz CT molecular complexity index is 1040. The Morgan fingerprint density at radius 2 is 1.96 bits per heavy atom. The maximum Gasteiger partial charge on any atom is 0.330 e. The van der Waals surface area contributed by atoms with E-state index in [-0.39, 0.29) is 12.2 Å². The lowest BCUT2D eigenvalue weighted by Gasteiger charge is -2.21. The van der Waals surface area contributed by atoms with Gasteiger partial charge in [0.15, 0.2) is 0 Å². The third-order valence-corrected chi connectivity index (χ3v) is 4.47.